The van der Waals surface area contributed by atoms with Gasteiger partial charge in [0.25, 0.3) is 0 Å². The fourth-order valence-corrected chi connectivity index (χ4v) is 2.93. The molecule has 2 aliphatic rings. The van der Waals surface area contributed by atoms with Gasteiger partial charge in [-0.25, -0.2) is 0 Å². The molecule has 2 saturated carbocycles. The summed E-state index contributed by atoms with van der Waals surface area (Å²) in [5.74, 6) is -0.808. The Hall–Kier alpha value is -0.570. The second kappa shape index (κ2) is 2.51. The zero-order valence-electron chi connectivity index (χ0n) is 8.84. The van der Waals surface area contributed by atoms with E-state index in [0.717, 1.165) is 6.42 Å². The Bertz CT molecular complexity index is 278. The highest BCUT2D eigenvalue weighted by Crippen LogP contribution is 2.62. The summed E-state index contributed by atoms with van der Waals surface area (Å²) in [6.45, 7) is 4.20. The molecule has 2 aliphatic carbocycles. The van der Waals surface area contributed by atoms with Crippen LogP contribution in [-0.4, -0.2) is 21.8 Å². The molecule has 3 nitrogen and oxygen atoms in total. The number of rotatable bonds is 2. The standard InChI is InChI=1S/C11H18O3/c1-9(2)3-6-11(14,7-9)10(4-5-10)8(12)13/h14H,3-7H2,1-2H3,(H,12,13). The quantitative estimate of drug-likeness (QED) is 0.711. The van der Waals surface area contributed by atoms with Gasteiger partial charge in [-0.05, 0) is 37.5 Å². The third-order valence-corrected chi connectivity index (χ3v) is 4.04. The largest absolute Gasteiger partial charge is 0.481 e. The molecule has 1 unspecified atom stereocenters. The number of aliphatic carboxylic acids is 1. The molecule has 2 fully saturated rings. The third kappa shape index (κ3) is 1.18. The summed E-state index contributed by atoms with van der Waals surface area (Å²) in [5, 5.41) is 19.5. The number of hydrogen-bond donors (Lipinski definition) is 2. The zero-order valence-corrected chi connectivity index (χ0v) is 8.84. The molecule has 80 valence electrons. The molecule has 1 atom stereocenters. The number of hydrogen-bond acceptors (Lipinski definition) is 2. The van der Waals surface area contributed by atoms with Crippen LogP contribution in [-0.2, 0) is 4.79 Å². The normalized spacial score (nSPS) is 38.2. The van der Waals surface area contributed by atoms with Crippen LogP contribution >= 0.6 is 0 Å². The van der Waals surface area contributed by atoms with E-state index in [-0.39, 0.29) is 5.41 Å². The van der Waals surface area contributed by atoms with E-state index in [1.54, 1.807) is 0 Å². The van der Waals surface area contributed by atoms with E-state index in [2.05, 4.69) is 13.8 Å². The minimum absolute atomic E-state index is 0.0970. The van der Waals surface area contributed by atoms with Gasteiger partial charge < -0.3 is 10.2 Å². The van der Waals surface area contributed by atoms with Crippen LogP contribution in [0.1, 0.15) is 46.0 Å². The Morgan fingerprint density at radius 3 is 2.00 bits per heavy atom. The molecule has 0 saturated heterocycles. The van der Waals surface area contributed by atoms with Crippen molar-refractivity contribution in [3.05, 3.63) is 0 Å². The Kier molecular flexibility index (Phi) is 1.79. The van der Waals surface area contributed by atoms with E-state index in [4.69, 9.17) is 5.11 Å². The van der Waals surface area contributed by atoms with Gasteiger partial charge in [0, 0.05) is 0 Å². The zero-order chi connectivity index (χ0) is 10.6. The molecule has 0 radical (unpaired) electrons. The van der Waals surface area contributed by atoms with E-state index in [1.165, 1.54) is 0 Å². The van der Waals surface area contributed by atoms with Crippen molar-refractivity contribution in [3.8, 4) is 0 Å². The first-order chi connectivity index (χ1) is 6.31. The van der Waals surface area contributed by atoms with Crippen LogP contribution in [0.25, 0.3) is 0 Å². The van der Waals surface area contributed by atoms with Crippen LogP contribution in [0.5, 0.6) is 0 Å². The van der Waals surface area contributed by atoms with E-state index < -0.39 is 17.0 Å². The van der Waals surface area contributed by atoms with Gasteiger partial charge in [0.15, 0.2) is 0 Å². The molecule has 0 aliphatic heterocycles. The number of carbonyl (C=O) groups is 1. The maximum Gasteiger partial charge on any atom is 0.312 e. The SMILES string of the molecule is CC1(C)CCC(O)(C2(C(=O)O)CC2)C1. The molecule has 0 aromatic rings. The van der Waals surface area contributed by atoms with Crippen LogP contribution in [0.15, 0.2) is 0 Å². The Balaban J connectivity index is 2.23. The van der Waals surface area contributed by atoms with Crippen molar-refractivity contribution in [3.63, 3.8) is 0 Å². The molecular formula is C11H18O3. The molecule has 3 heteroatoms. The molecular weight excluding hydrogens is 180 g/mol. The van der Waals surface area contributed by atoms with Crippen molar-refractivity contribution in [1.82, 2.24) is 0 Å². The van der Waals surface area contributed by atoms with Crippen LogP contribution in [0.4, 0.5) is 0 Å². The minimum Gasteiger partial charge on any atom is -0.481 e. The predicted molar refractivity (Wildman–Crippen MR) is 51.9 cm³/mol. The van der Waals surface area contributed by atoms with Crippen molar-refractivity contribution >= 4 is 5.97 Å². The average molecular weight is 198 g/mol. The summed E-state index contributed by atoms with van der Waals surface area (Å²) in [6.07, 6.45) is 3.50. The minimum atomic E-state index is -0.942. The van der Waals surface area contributed by atoms with E-state index in [9.17, 15) is 9.90 Å². The van der Waals surface area contributed by atoms with Crippen LogP contribution in [0, 0.1) is 10.8 Å². The number of carboxylic acid groups (broad SMARTS) is 1. The van der Waals surface area contributed by atoms with Gasteiger partial charge in [-0.2, -0.15) is 0 Å². The van der Waals surface area contributed by atoms with Crippen molar-refractivity contribution in [2.24, 2.45) is 10.8 Å². The molecule has 0 spiro atoms. The van der Waals surface area contributed by atoms with Crippen LogP contribution < -0.4 is 0 Å². The monoisotopic (exact) mass is 198 g/mol. The Labute approximate surface area is 84.1 Å². The lowest BCUT2D eigenvalue weighted by molar-refractivity contribution is -0.156. The van der Waals surface area contributed by atoms with Crippen molar-refractivity contribution < 1.29 is 15.0 Å². The Morgan fingerprint density at radius 2 is 1.71 bits per heavy atom. The summed E-state index contributed by atoms with van der Waals surface area (Å²) in [7, 11) is 0. The van der Waals surface area contributed by atoms with Crippen molar-refractivity contribution in [2.45, 2.75) is 51.6 Å². The fraction of sp³-hybridized carbons (Fsp3) is 0.909. The van der Waals surface area contributed by atoms with Gasteiger partial charge in [-0.1, -0.05) is 13.8 Å². The molecule has 0 aromatic carbocycles. The van der Waals surface area contributed by atoms with Gasteiger partial charge >= 0.3 is 5.97 Å². The van der Waals surface area contributed by atoms with Crippen LogP contribution in [0.3, 0.4) is 0 Å². The number of carboxylic acids is 1. The highest BCUT2D eigenvalue weighted by Gasteiger charge is 2.66. The van der Waals surface area contributed by atoms with E-state index >= 15 is 0 Å². The van der Waals surface area contributed by atoms with E-state index in [1.807, 2.05) is 0 Å². The van der Waals surface area contributed by atoms with Gasteiger partial charge in [0.2, 0.25) is 0 Å². The lowest BCUT2D eigenvalue weighted by atomic mass is 9.79. The highest BCUT2D eigenvalue weighted by molar-refractivity contribution is 5.79. The fourth-order valence-electron chi connectivity index (χ4n) is 2.93. The average Bonchev–Trinajstić information content (AvgIpc) is 2.76. The predicted octanol–water partition coefficient (Wildman–Crippen LogP) is 1.79. The molecule has 2 N–H and O–H groups in total. The summed E-state index contributed by atoms with van der Waals surface area (Å²) < 4.78 is 0. The molecule has 14 heavy (non-hydrogen) atoms. The summed E-state index contributed by atoms with van der Waals surface area (Å²) in [4.78, 5) is 11.1. The maximum atomic E-state index is 11.1. The second-order valence-electron chi connectivity index (χ2n) is 5.76. The summed E-state index contributed by atoms with van der Waals surface area (Å²) in [5.41, 5.74) is -1.65. The molecule has 0 bridgehead atoms. The lowest BCUT2D eigenvalue weighted by Crippen LogP contribution is -2.42. The maximum absolute atomic E-state index is 11.1. The molecule has 0 amide bonds. The second-order valence-corrected chi connectivity index (χ2v) is 5.76. The molecule has 0 heterocycles. The lowest BCUT2D eigenvalue weighted by Gasteiger charge is -2.31. The first-order valence-corrected chi connectivity index (χ1v) is 5.27. The van der Waals surface area contributed by atoms with Gasteiger partial charge in [0.1, 0.15) is 0 Å². The topological polar surface area (TPSA) is 57.5 Å². The first kappa shape index (κ1) is 9.97. The summed E-state index contributed by atoms with van der Waals surface area (Å²) in [6, 6.07) is 0. The van der Waals surface area contributed by atoms with Gasteiger partial charge in [-0.15, -0.1) is 0 Å². The van der Waals surface area contributed by atoms with Crippen molar-refractivity contribution in [1.29, 1.82) is 0 Å². The Morgan fingerprint density at radius 1 is 1.14 bits per heavy atom. The van der Waals surface area contributed by atoms with Gasteiger partial charge in [-0.3, -0.25) is 4.79 Å². The van der Waals surface area contributed by atoms with Crippen molar-refractivity contribution in [2.75, 3.05) is 0 Å². The smallest absolute Gasteiger partial charge is 0.312 e. The molecule has 0 aromatic heterocycles. The first-order valence-electron chi connectivity index (χ1n) is 5.27. The summed E-state index contributed by atoms with van der Waals surface area (Å²) >= 11 is 0. The van der Waals surface area contributed by atoms with Crippen LogP contribution in [0.2, 0.25) is 0 Å². The third-order valence-electron chi connectivity index (χ3n) is 4.04. The highest BCUT2D eigenvalue weighted by atomic mass is 16.4. The number of aliphatic hydroxyl groups is 1. The van der Waals surface area contributed by atoms with Gasteiger partial charge in [0.05, 0.1) is 11.0 Å². The van der Waals surface area contributed by atoms with E-state index in [0.29, 0.717) is 25.7 Å². The molecule has 2 rings (SSSR count).